The van der Waals surface area contributed by atoms with Gasteiger partial charge in [-0.3, -0.25) is 9.69 Å². The third-order valence-electron chi connectivity index (χ3n) is 4.96. The summed E-state index contributed by atoms with van der Waals surface area (Å²) >= 11 is 0. The fraction of sp³-hybridized carbons (Fsp3) is 0.381. The second kappa shape index (κ2) is 8.83. The van der Waals surface area contributed by atoms with E-state index in [1.165, 1.54) is 5.56 Å². The van der Waals surface area contributed by atoms with Gasteiger partial charge in [0.2, 0.25) is 5.91 Å². The minimum atomic E-state index is -0.226. The SMILES string of the molecule is CN1CCN(C(C(=O)NCCc2ccc(N)cc2)c2ccccc2)CC1. The standard InChI is InChI=1S/C21H28N4O/c1-24-13-15-25(16-14-24)20(18-5-3-2-4-6-18)21(26)23-12-11-17-7-9-19(22)10-8-17/h2-10,20H,11-16,22H2,1H3,(H,23,26). The molecule has 1 atom stereocenters. The first-order valence-corrected chi connectivity index (χ1v) is 9.23. The van der Waals surface area contributed by atoms with E-state index < -0.39 is 0 Å². The molecule has 0 radical (unpaired) electrons. The van der Waals surface area contributed by atoms with Crippen LogP contribution >= 0.6 is 0 Å². The van der Waals surface area contributed by atoms with E-state index in [1.54, 1.807) is 0 Å². The van der Waals surface area contributed by atoms with Gasteiger partial charge in [0.05, 0.1) is 0 Å². The molecule has 3 rings (SSSR count). The number of likely N-dealkylation sites (N-methyl/N-ethyl adjacent to an activating group) is 1. The summed E-state index contributed by atoms with van der Waals surface area (Å²) in [6.07, 6.45) is 0.802. The number of nitrogens with two attached hydrogens (primary N) is 1. The number of carbonyl (C=O) groups excluding carboxylic acids is 1. The number of amides is 1. The Morgan fingerprint density at radius 2 is 1.69 bits per heavy atom. The van der Waals surface area contributed by atoms with E-state index in [2.05, 4.69) is 22.2 Å². The third-order valence-corrected chi connectivity index (χ3v) is 4.96. The predicted octanol–water partition coefficient (Wildman–Crippen LogP) is 1.92. The second-order valence-electron chi connectivity index (χ2n) is 6.94. The number of hydrogen-bond acceptors (Lipinski definition) is 4. The second-order valence-corrected chi connectivity index (χ2v) is 6.94. The molecule has 1 saturated heterocycles. The van der Waals surface area contributed by atoms with Crippen molar-refractivity contribution in [3.63, 3.8) is 0 Å². The van der Waals surface area contributed by atoms with Crippen LogP contribution in [0.2, 0.25) is 0 Å². The van der Waals surface area contributed by atoms with Crippen LogP contribution in [0.5, 0.6) is 0 Å². The van der Waals surface area contributed by atoms with Crippen molar-refractivity contribution in [1.29, 1.82) is 0 Å². The Balaban J connectivity index is 1.63. The molecule has 5 nitrogen and oxygen atoms in total. The average Bonchev–Trinajstić information content (AvgIpc) is 2.66. The molecule has 3 N–H and O–H groups in total. The molecule has 2 aromatic carbocycles. The van der Waals surface area contributed by atoms with E-state index in [4.69, 9.17) is 5.73 Å². The zero-order chi connectivity index (χ0) is 18.4. The molecule has 2 aromatic rings. The smallest absolute Gasteiger partial charge is 0.241 e. The fourth-order valence-electron chi connectivity index (χ4n) is 3.35. The van der Waals surface area contributed by atoms with Gasteiger partial charge >= 0.3 is 0 Å². The highest BCUT2D eigenvalue weighted by atomic mass is 16.2. The minimum absolute atomic E-state index is 0.0798. The Bertz CT molecular complexity index is 694. The topological polar surface area (TPSA) is 61.6 Å². The van der Waals surface area contributed by atoms with Gasteiger partial charge in [0, 0.05) is 38.4 Å². The summed E-state index contributed by atoms with van der Waals surface area (Å²) in [5.74, 6) is 0.0798. The van der Waals surface area contributed by atoms with Gasteiger partial charge < -0.3 is 16.0 Å². The summed E-state index contributed by atoms with van der Waals surface area (Å²) < 4.78 is 0. The lowest BCUT2D eigenvalue weighted by Gasteiger charge is -2.37. The van der Waals surface area contributed by atoms with Crippen molar-refractivity contribution >= 4 is 11.6 Å². The van der Waals surface area contributed by atoms with Crippen molar-refractivity contribution in [2.75, 3.05) is 45.5 Å². The molecule has 0 aliphatic carbocycles. The zero-order valence-corrected chi connectivity index (χ0v) is 15.4. The van der Waals surface area contributed by atoms with Gasteiger partial charge in [0.25, 0.3) is 0 Å². The Morgan fingerprint density at radius 1 is 1.04 bits per heavy atom. The summed E-state index contributed by atoms with van der Waals surface area (Å²) in [5, 5.41) is 3.13. The van der Waals surface area contributed by atoms with Crippen molar-refractivity contribution in [2.24, 2.45) is 0 Å². The highest BCUT2D eigenvalue weighted by Crippen LogP contribution is 2.22. The summed E-state index contributed by atoms with van der Waals surface area (Å²) in [6.45, 7) is 4.41. The van der Waals surface area contributed by atoms with Gasteiger partial charge in [-0.25, -0.2) is 0 Å². The summed E-state index contributed by atoms with van der Waals surface area (Å²) in [4.78, 5) is 17.6. The molecule has 26 heavy (non-hydrogen) atoms. The molecule has 1 amide bonds. The Hall–Kier alpha value is -2.37. The minimum Gasteiger partial charge on any atom is -0.399 e. The first-order valence-electron chi connectivity index (χ1n) is 9.23. The number of nitrogens with zero attached hydrogens (tertiary/aromatic N) is 2. The van der Waals surface area contributed by atoms with Crippen molar-refractivity contribution in [1.82, 2.24) is 15.1 Å². The average molecular weight is 352 g/mol. The number of piperazine rings is 1. The van der Waals surface area contributed by atoms with Gasteiger partial charge in [-0.05, 0) is 36.7 Å². The highest BCUT2D eigenvalue weighted by Gasteiger charge is 2.29. The summed E-state index contributed by atoms with van der Waals surface area (Å²) in [7, 11) is 2.13. The van der Waals surface area contributed by atoms with E-state index in [-0.39, 0.29) is 11.9 Å². The molecule has 1 aliphatic heterocycles. The Labute approximate surface area is 155 Å². The molecule has 1 aliphatic rings. The van der Waals surface area contributed by atoms with Gasteiger partial charge in [-0.1, -0.05) is 42.5 Å². The molecule has 0 aromatic heterocycles. The number of anilines is 1. The Morgan fingerprint density at radius 3 is 2.35 bits per heavy atom. The summed E-state index contributed by atoms with van der Waals surface area (Å²) in [5.41, 5.74) is 8.72. The van der Waals surface area contributed by atoms with Gasteiger partial charge in [0.1, 0.15) is 6.04 Å². The number of benzene rings is 2. The van der Waals surface area contributed by atoms with Crippen LogP contribution in [-0.2, 0) is 11.2 Å². The van der Waals surface area contributed by atoms with E-state index in [9.17, 15) is 4.79 Å². The molecule has 0 saturated carbocycles. The van der Waals surface area contributed by atoms with Crippen LogP contribution in [0.25, 0.3) is 0 Å². The van der Waals surface area contributed by atoms with Crippen LogP contribution in [0.3, 0.4) is 0 Å². The van der Waals surface area contributed by atoms with Crippen molar-refractivity contribution in [3.05, 3.63) is 65.7 Å². The van der Waals surface area contributed by atoms with E-state index in [0.29, 0.717) is 6.54 Å². The predicted molar refractivity (Wildman–Crippen MR) is 106 cm³/mol. The largest absolute Gasteiger partial charge is 0.399 e. The Kier molecular flexibility index (Phi) is 6.26. The normalized spacial score (nSPS) is 17.0. The van der Waals surface area contributed by atoms with Gasteiger partial charge in [-0.2, -0.15) is 0 Å². The first kappa shape index (κ1) is 18.4. The molecule has 5 heteroatoms. The van der Waals surface area contributed by atoms with Crippen LogP contribution in [0.15, 0.2) is 54.6 Å². The molecule has 138 valence electrons. The molecular weight excluding hydrogens is 324 g/mol. The van der Waals surface area contributed by atoms with Crippen LogP contribution < -0.4 is 11.1 Å². The molecule has 1 fully saturated rings. The lowest BCUT2D eigenvalue weighted by molar-refractivity contribution is -0.127. The maximum absolute atomic E-state index is 13.0. The lowest BCUT2D eigenvalue weighted by Crippen LogP contribution is -2.50. The number of rotatable bonds is 6. The molecule has 1 unspecified atom stereocenters. The first-order chi connectivity index (χ1) is 12.6. The lowest BCUT2D eigenvalue weighted by atomic mass is 10.0. The van der Waals surface area contributed by atoms with E-state index >= 15 is 0 Å². The molecule has 0 bridgehead atoms. The third kappa shape index (κ3) is 4.84. The van der Waals surface area contributed by atoms with Crippen molar-refractivity contribution < 1.29 is 4.79 Å². The zero-order valence-electron chi connectivity index (χ0n) is 15.4. The number of nitrogen functional groups attached to an aromatic ring is 1. The van der Waals surface area contributed by atoms with Crippen LogP contribution in [0.4, 0.5) is 5.69 Å². The van der Waals surface area contributed by atoms with Crippen molar-refractivity contribution in [3.8, 4) is 0 Å². The van der Waals surface area contributed by atoms with E-state index in [0.717, 1.165) is 43.9 Å². The quantitative estimate of drug-likeness (QED) is 0.780. The molecule has 0 spiro atoms. The van der Waals surface area contributed by atoms with Crippen LogP contribution in [-0.4, -0.2) is 55.5 Å². The maximum atomic E-state index is 13.0. The van der Waals surface area contributed by atoms with Crippen LogP contribution in [0.1, 0.15) is 17.2 Å². The van der Waals surface area contributed by atoms with Gasteiger partial charge in [0.15, 0.2) is 0 Å². The van der Waals surface area contributed by atoms with E-state index in [1.807, 2.05) is 54.6 Å². The number of carbonyl (C=O) groups is 1. The van der Waals surface area contributed by atoms with Gasteiger partial charge in [-0.15, -0.1) is 0 Å². The van der Waals surface area contributed by atoms with Crippen LogP contribution in [0, 0.1) is 0 Å². The maximum Gasteiger partial charge on any atom is 0.241 e. The number of hydrogen-bond donors (Lipinski definition) is 2. The van der Waals surface area contributed by atoms with Crippen molar-refractivity contribution in [2.45, 2.75) is 12.5 Å². The summed E-state index contributed by atoms with van der Waals surface area (Å²) in [6, 6.07) is 17.7. The molecule has 1 heterocycles. The fourth-order valence-corrected chi connectivity index (χ4v) is 3.35. The monoisotopic (exact) mass is 352 g/mol. The highest BCUT2D eigenvalue weighted by molar-refractivity contribution is 5.83. The molecular formula is C21H28N4O. The number of nitrogens with one attached hydrogen (secondary N) is 1.